The first-order valence-corrected chi connectivity index (χ1v) is 17.4. The first-order chi connectivity index (χ1) is 19.4. The zero-order valence-electron chi connectivity index (χ0n) is 24.9. The van der Waals surface area contributed by atoms with Crippen LogP contribution >= 0.6 is 23.1 Å². The number of nitrogens with zero attached hydrogens (tertiary/aromatic N) is 3. The van der Waals surface area contributed by atoms with Crippen molar-refractivity contribution in [3.05, 3.63) is 63.8 Å². The van der Waals surface area contributed by atoms with E-state index in [9.17, 15) is 0 Å². The van der Waals surface area contributed by atoms with Crippen molar-refractivity contribution in [3.8, 4) is 0 Å². The van der Waals surface area contributed by atoms with Gasteiger partial charge in [-0.05, 0) is 61.2 Å². The summed E-state index contributed by atoms with van der Waals surface area (Å²) in [6.07, 6.45) is 7.01. The van der Waals surface area contributed by atoms with E-state index in [1.807, 2.05) is 23.1 Å². The summed E-state index contributed by atoms with van der Waals surface area (Å²) in [6, 6.07) is 13.0. The Morgan fingerprint density at radius 2 is 1.75 bits per heavy atom. The molecule has 0 radical (unpaired) electrons. The third kappa shape index (κ3) is 6.57. The molecule has 2 aromatic heterocycles. The minimum absolute atomic E-state index is 0.137. The fourth-order valence-corrected chi connectivity index (χ4v) is 8.88. The second kappa shape index (κ2) is 13.3. The quantitative estimate of drug-likeness (QED) is 0.248. The van der Waals surface area contributed by atoms with E-state index in [0.717, 1.165) is 73.7 Å². The molecule has 0 amide bonds. The lowest BCUT2D eigenvalue weighted by atomic mass is 9.67. The Morgan fingerprint density at radius 1 is 1.05 bits per heavy atom. The lowest BCUT2D eigenvalue weighted by Gasteiger charge is -2.40. The number of hydrogen-bond acceptors (Lipinski definition) is 7. The molecule has 1 unspecified atom stereocenters. The summed E-state index contributed by atoms with van der Waals surface area (Å²) in [5.74, 6) is 5.61. The van der Waals surface area contributed by atoms with Crippen LogP contribution in [0.5, 0.6) is 0 Å². The van der Waals surface area contributed by atoms with Gasteiger partial charge in [-0.25, -0.2) is 4.98 Å². The lowest BCUT2D eigenvalue weighted by molar-refractivity contribution is 0.125. The smallest absolute Gasteiger partial charge is 0.220 e. The molecular weight excluding hydrogens is 533 g/mol. The molecule has 2 fully saturated rings. The number of benzene rings is 1. The molecule has 0 bridgehead atoms. The van der Waals surface area contributed by atoms with Crippen LogP contribution in [0.1, 0.15) is 87.9 Å². The second-order valence-electron chi connectivity index (χ2n) is 12.2. The van der Waals surface area contributed by atoms with Crippen molar-refractivity contribution >= 4 is 34.7 Å². The van der Waals surface area contributed by atoms with Crippen LogP contribution in [0.2, 0.25) is 0 Å². The molecule has 5 nitrogen and oxygen atoms in total. The van der Waals surface area contributed by atoms with Crippen LogP contribution in [0, 0.1) is 11.8 Å². The molecule has 218 valence electrons. The van der Waals surface area contributed by atoms with Gasteiger partial charge in [0.05, 0.1) is 6.04 Å². The van der Waals surface area contributed by atoms with Gasteiger partial charge in [0.1, 0.15) is 5.69 Å². The molecule has 1 aliphatic carbocycles. The highest BCUT2D eigenvalue weighted by Crippen LogP contribution is 2.47. The molecule has 1 saturated heterocycles. The summed E-state index contributed by atoms with van der Waals surface area (Å²) in [4.78, 5) is 11.7. The highest BCUT2D eigenvalue weighted by molar-refractivity contribution is 7.99. The Labute approximate surface area is 249 Å². The van der Waals surface area contributed by atoms with Gasteiger partial charge in [0.25, 0.3) is 0 Å². The van der Waals surface area contributed by atoms with Crippen molar-refractivity contribution in [3.63, 3.8) is 0 Å². The van der Waals surface area contributed by atoms with Crippen molar-refractivity contribution in [1.29, 1.82) is 0 Å². The summed E-state index contributed by atoms with van der Waals surface area (Å²) in [7, 11) is 0. The maximum absolute atomic E-state index is 6.80. The number of nitrogen functional groups attached to an aromatic ring is 1. The van der Waals surface area contributed by atoms with Crippen LogP contribution in [-0.2, 0) is 11.8 Å². The number of rotatable bonds is 11. The van der Waals surface area contributed by atoms with Crippen molar-refractivity contribution in [2.75, 3.05) is 48.3 Å². The number of anilines is 2. The van der Waals surface area contributed by atoms with Crippen molar-refractivity contribution in [2.24, 2.45) is 11.8 Å². The average molecular weight is 581 g/mol. The number of hydrogen-bond donors (Lipinski definition) is 1. The van der Waals surface area contributed by atoms with Gasteiger partial charge in [-0.2, -0.15) is 11.8 Å². The third-order valence-electron chi connectivity index (χ3n) is 9.45. The van der Waals surface area contributed by atoms with E-state index in [2.05, 4.69) is 79.3 Å². The molecule has 1 aromatic carbocycles. The number of thiophene rings is 1. The summed E-state index contributed by atoms with van der Waals surface area (Å²) < 4.78 is 6.80. The van der Waals surface area contributed by atoms with Crippen LogP contribution < -0.4 is 10.6 Å². The summed E-state index contributed by atoms with van der Waals surface area (Å²) in [5.41, 5.74) is 9.86. The van der Waals surface area contributed by atoms with Crippen molar-refractivity contribution in [2.45, 2.75) is 77.7 Å². The first-order valence-electron chi connectivity index (χ1n) is 15.3. The summed E-state index contributed by atoms with van der Waals surface area (Å²) >= 11 is 3.86. The van der Waals surface area contributed by atoms with E-state index >= 15 is 0 Å². The lowest BCUT2D eigenvalue weighted by Crippen LogP contribution is -2.34. The molecule has 7 heteroatoms. The van der Waals surface area contributed by atoms with E-state index in [4.69, 9.17) is 15.1 Å². The van der Waals surface area contributed by atoms with E-state index in [1.54, 1.807) is 0 Å². The molecule has 1 aliphatic heterocycles. The molecule has 3 aromatic rings. The predicted molar refractivity (Wildman–Crippen MR) is 173 cm³/mol. The Hall–Kier alpha value is -1.96. The van der Waals surface area contributed by atoms with Crippen LogP contribution in [0.4, 0.5) is 11.6 Å². The monoisotopic (exact) mass is 580 g/mol. The Morgan fingerprint density at radius 3 is 2.38 bits per heavy atom. The largest absolute Gasteiger partial charge is 0.423 e. The van der Waals surface area contributed by atoms with Gasteiger partial charge < -0.3 is 15.1 Å². The van der Waals surface area contributed by atoms with Crippen LogP contribution in [0.3, 0.4) is 0 Å². The van der Waals surface area contributed by atoms with Gasteiger partial charge in [0.15, 0.2) is 0 Å². The van der Waals surface area contributed by atoms with Crippen LogP contribution in [-0.4, -0.2) is 47.6 Å². The molecule has 3 heterocycles. The SMILES string of the molecule is CCN(CC)C(CC1CCC(C(C)(C)c2sccc2N)CC1)c1nc(Cc2ccccc2)c(N2CCSCC2)o1. The fraction of sp³-hybridized carbons (Fsp3) is 0.606. The Kier molecular flexibility index (Phi) is 9.85. The maximum Gasteiger partial charge on any atom is 0.220 e. The maximum atomic E-state index is 6.80. The van der Waals surface area contributed by atoms with E-state index in [0.29, 0.717) is 11.8 Å². The zero-order valence-corrected chi connectivity index (χ0v) is 26.5. The molecule has 5 rings (SSSR count). The second-order valence-corrected chi connectivity index (χ2v) is 14.3. The molecule has 1 atom stereocenters. The Balaban J connectivity index is 1.35. The topological polar surface area (TPSA) is 58.5 Å². The number of nitrogens with two attached hydrogens (primary N) is 1. The van der Waals surface area contributed by atoms with Gasteiger partial charge in [-0.15, -0.1) is 11.3 Å². The molecule has 0 spiro atoms. The minimum atomic E-state index is 0.137. The summed E-state index contributed by atoms with van der Waals surface area (Å²) in [5, 5.41) is 2.14. The minimum Gasteiger partial charge on any atom is -0.423 e. The van der Waals surface area contributed by atoms with E-state index in [-0.39, 0.29) is 11.5 Å². The average Bonchev–Trinajstić information content (AvgIpc) is 3.61. The van der Waals surface area contributed by atoms with Crippen LogP contribution in [0.15, 0.2) is 46.2 Å². The highest BCUT2D eigenvalue weighted by Gasteiger charge is 2.38. The summed E-state index contributed by atoms with van der Waals surface area (Å²) in [6.45, 7) is 13.4. The fourth-order valence-electron chi connectivity index (χ4n) is 6.96. The standard InChI is InChI=1S/C33H48N4OS2/c1-5-36(6-2)29(23-25-12-14-26(15-13-25)33(3,4)30-27(34)16-19-40-30)31-35-28(22-24-10-8-7-9-11-24)32(38-31)37-17-20-39-21-18-37/h7-11,16,19,25-26,29H,5-6,12-15,17-18,20-23,34H2,1-4H3. The Bertz CT molecular complexity index is 1190. The van der Waals surface area contributed by atoms with Gasteiger partial charge in [0.2, 0.25) is 11.8 Å². The number of thioether (sulfide) groups is 1. The number of aromatic nitrogens is 1. The van der Waals surface area contributed by atoms with Crippen molar-refractivity contribution < 1.29 is 4.42 Å². The van der Waals surface area contributed by atoms with E-state index < -0.39 is 0 Å². The first kappa shape index (κ1) is 29.5. The number of oxazole rings is 1. The zero-order chi connectivity index (χ0) is 28.1. The molecule has 1 saturated carbocycles. The third-order valence-corrected chi connectivity index (χ3v) is 11.7. The normalized spacial score (nSPS) is 21.2. The highest BCUT2D eigenvalue weighted by atomic mass is 32.2. The van der Waals surface area contributed by atoms with Crippen molar-refractivity contribution in [1.82, 2.24) is 9.88 Å². The molecule has 2 aliphatic rings. The van der Waals surface area contributed by atoms with Gasteiger partial charge >= 0.3 is 0 Å². The van der Waals surface area contributed by atoms with Crippen LogP contribution in [0.25, 0.3) is 0 Å². The van der Waals surface area contributed by atoms with Gasteiger partial charge in [-0.1, -0.05) is 70.9 Å². The molecular formula is C33H48N4OS2. The van der Waals surface area contributed by atoms with Gasteiger partial charge in [0, 0.05) is 47.0 Å². The predicted octanol–water partition coefficient (Wildman–Crippen LogP) is 8.02. The van der Waals surface area contributed by atoms with Gasteiger partial charge in [-0.3, -0.25) is 4.90 Å². The van der Waals surface area contributed by atoms with E-state index in [1.165, 1.54) is 36.1 Å². The molecule has 2 N–H and O–H groups in total. The molecule has 40 heavy (non-hydrogen) atoms.